The Hall–Kier alpha value is -3.33. The van der Waals surface area contributed by atoms with Gasteiger partial charge in [0.05, 0.1) is 22.0 Å². The van der Waals surface area contributed by atoms with Gasteiger partial charge in [-0.05, 0) is 79.1 Å². The van der Waals surface area contributed by atoms with Gasteiger partial charge in [0.2, 0.25) is 5.91 Å². The second-order valence-corrected chi connectivity index (χ2v) is 13.8. The van der Waals surface area contributed by atoms with E-state index >= 15 is 0 Å². The molecule has 1 amide bonds. The number of alkyl halides is 1. The molecule has 3 N–H and O–H groups in total. The highest BCUT2D eigenvalue weighted by Gasteiger charge is 2.73. The van der Waals surface area contributed by atoms with E-state index in [0.29, 0.717) is 18.7 Å². The number of halogens is 1. The normalized spacial score (nSPS) is 28.3. The van der Waals surface area contributed by atoms with Gasteiger partial charge in [-0.15, -0.1) is 0 Å². The van der Waals surface area contributed by atoms with Crippen LogP contribution in [0.3, 0.4) is 0 Å². The van der Waals surface area contributed by atoms with Crippen LogP contribution < -0.4 is 10.1 Å². The summed E-state index contributed by atoms with van der Waals surface area (Å²) in [5.41, 5.74) is 5.76. The molecule has 0 unspecified atom stereocenters. The molecule has 1 saturated carbocycles. The Bertz CT molecular complexity index is 1830. The van der Waals surface area contributed by atoms with Crippen LogP contribution in [-0.4, -0.2) is 55.6 Å². The van der Waals surface area contributed by atoms with Crippen LogP contribution in [0.1, 0.15) is 53.3 Å². The average molecular weight is 641 g/mol. The van der Waals surface area contributed by atoms with Crippen LogP contribution >= 0.6 is 15.9 Å². The van der Waals surface area contributed by atoms with Crippen molar-refractivity contribution in [3.8, 4) is 11.5 Å². The molecule has 3 heterocycles. The van der Waals surface area contributed by atoms with E-state index in [4.69, 9.17) is 4.74 Å². The van der Waals surface area contributed by atoms with Crippen molar-refractivity contribution in [3.05, 3.63) is 88.6 Å². The summed E-state index contributed by atoms with van der Waals surface area (Å²) in [5.74, 6) is 1.36. The SMILES string of the molecule is O=C(CBr)Nc1cccc(Cn2c3c(c4ccccc42)C[C@@]2(O)[C@@H]4Cc5ccc(O)c6c5[C@@]2(CCN4CC2CC2)[C@H]3O6)c1. The number of phenolic OH excluding ortho intramolecular Hbond substituents is 1. The first kappa shape index (κ1) is 26.1. The van der Waals surface area contributed by atoms with E-state index in [1.54, 1.807) is 6.07 Å². The topological polar surface area (TPSA) is 87.0 Å². The van der Waals surface area contributed by atoms with Gasteiger partial charge in [-0.25, -0.2) is 0 Å². The first-order chi connectivity index (χ1) is 20.9. The molecule has 7 nitrogen and oxygen atoms in total. The molecule has 1 aromatic heterocycles. The highest BCUT2D eigenvalue weighted by molar-refractivity contribution is 9.09. The van der Waals surface area contributed by atoms with E-state index in [-0.39, 0.29) is 23.0 Å². The lowest BCUT2D eigenvalue weighted by Gasteiger charge is -2.63. The zero-order valence-corrected chi connectivity index (χ0v) is 25.4. The largest absolute Gasteiger partial charge is 0.504 e. The molecule has 9 rings (SSSR count). The Morgan fingerprint density at radius 3 is 2.81 bits per heavy atom. The van der Waals surface area contributed by atoms with Crippen molar-refractivity contribution in [1.82, 2.24) is 9.47 Å². The number of hydrogen-bond donors (Lipinski definition) is 3. The van der Waals surface area contributed by atoms with Crippen molar-refractivity contribution in [2.75, 3.05) is 23.7 Å². The van der Waals surface area contributed by atoms with Crippen molar-refractivity contribution in [3.63, 3.8) is 0 Å². The summed E-state index contributed by atoms with van der Waals surface area (Å²) in [6.45, 7) is 2.56. The predicted octanol–water partition coefficient (Wildman–Crippen LogP) is 5.43. The average Bonchev–Trinajstić information content (AvgIpc) is 3.68. The molecule has 8 heteroatoms. The maximum absolute atomic E-state index is 13.2. The molecule has 3 aliphatic carbocycles. The fraction of sp³-hybridized carbons (Fsp3) is 0.400. The number of fused-ring (bicyclic) bond motifs is 4. The number of hydrogen-bond acceptors (Lipinski definition) is 5. The number of phenols is 1. The van der Waals surface area contributed by atoms with Crippen molar-refractivity contribution in [2.24, 2.45) is 5.92 Å². The Labute approximate surface area is 258 Å². The van der Waals surface area contributed by atoms with Crippen LogP contribution in [0, 0.1) is 5.92 Å². The monoisotopic (exact) mass is 639 g/mol. The third-order valence-corrected chi connectivity index (χ3v) is 11.5. The number of piperidine rings is 1. The summed E-state index contributed by atoms with van der Waals surface area (Å²) in [5, 5.41) is 28.7. The first-order valence-electron chi connectivity index (χ1n) is 15.4. The summed E-state index contributed by atoms with van der Waals surface area (Å²) in [4.78, 5) is 14.7. The van der Waals surface area contributed by atoms with E-state index in [0.717, 1.165) is 70.8 Å². The van der Waals surface area contributed by atoms with Crippen molar-refractivity contribution < 1.29 is 19.7 Å². The quantitative estimate of drug-likeness (QED) is 0.245. The third-order valence-electron chi connectivity index (χ3n) is 11.0. The second-order valence-electron chi connectivity index (χ2n) is 13.3. The van der Waals surface area contributed by atoms with Crippen LogP contribution in [0.4, 0.5) is 5.69 Å². The Morgan fingerprint density at radius 2 is 1.98 bits per heavy atom. The standard InChI is InChI=1S/C35H34BrN3O4/c36-17-29(41)37-23-5-3-4-21(14-23)19-39-26-7-2-1-6-24(26)25-16-35(42)28-15-22-10-11-27(40)32-30(22)34(35,33(43-32)31(25)39)12-13-38(28)18-20-8-9-20/h1-7,10-11,14,20,28,33,40,42H,8-9,12-13,15-19H2,(H,37,41)/t28-,33-,34-,35+/m0/s1. The van der Waals surface area contributed by atoms with Gasteiger partial charge in [-0.2, -0.15) is 0 Å². The lowest BCUT2D eigenvalue weighted by Crippen LogP contribution is -2.74. The van der Waals surface area contributed by atoms with Gasteiger partial charge in [0, 0.05) is 47.7 Å². The summed E-state index contributed by atoms with van der Waals surface area (Å²) < 4.78 is 9.28. The smallest absolute Gasteiger partial charge is 0.235 e. The molecule has 1 saturated heterocycles. The molecule has 1 spiro atoms. The molecule has 4 aromatic rings. The molecule has 2 aliphatic heterocycles. The second kappa shape index (κ2) is 9.10. The Kier molecular flexibility index (Phi) is 5.52. The number of aliphatic hydroxyl groups is 1. The number of aromatic hydroxyl groups is 1. The number of benzene rings is 3. The van der Waals surface area contributed by atoms with Gasteiger partial charge < -0.3 is 24.8 Å². The minimum Gasteiger partial charge on any atom is -0.504 e. The van der Waals surface area contributed by atoms with Gasteiger partial charge in [-0.1, -0.05) is 52.3 Å². The number of anilines is 1. The van der Waals surface area contributed by atoms with Crippen molar-refractivity contribution in [1.29, 1.82) is 0 Å². The highest BCUT2D eigenvalue weighted by atomic mass is 79.9. The van der Waals surface area contributed by atoms with E-state index in [2.05, 4.69) is 67.1 Å². The number of carbonyl (C=O) groups is 1. The lowest BCUT2D eigenvalue weighted by atomic mass is 9.49. The fourth-order valence-electron chi connectivity index (χ4n) is 9.10. The van der Waals surface area contributed by atoms with Crippen LogP contribution in [-0.2, 0) is 29.6 Å². The van der Waals surface area contributed by atoms with E-state index in [9.17, 15) is 15.0 Å². The minimum atomic E-state index is -1.02. The van der Waals surface area contributed by atoms with Crippen molar-refractivity contribution in [2.45, 2.75) is 61.8 Å². The van der Waals surface area contributed by atoms with E-state index in [1.165, 1.54) is 18.4 Å². The maximum atomic E-state index is 13.2. The number of likely N-dealkylation sites (tertiary alicyclic amines) is 1. The summed E-state index contributed by atoms with van der Waals surface area (Å²) in [6.07, 6.45) is 4.26. The van der Waals surface area contributed by atoms with Crippen LogP contribution in [0.25, 0.3) is 10.9 Å². The van der Waals surface area contributed by atoms with Gasteiger partial charge >= 0.3 is 0 Å². The molecule has 0 radical (unpaired) electrons. The molecule has 5 aliphatic rings. The van der Waals surface area contributed by atoms with Gasteiger partial charge in [0.25, 0.3) is 0 Å². The Balaban J connectivity index is 1.24. The summed E-state index contributed by atoms with van der Waals surface area (Å²) >= 11 is 3.24. The number of nitrogens with one attached hydrogen (secondary N) is 1. The zero-order valence-electron chi connectivity index (χ0n) is 23.9. The van der Waals surface area contributed by atoms with Crippen LogP contribution in [0.2, 0.25) is 0 Å². The van der Waals surface area contributed by atoms with Gasteiger partial charge in [0.1, 0.15) is 0 Å². The number of aromatic nitrogens is 1. The maximum Gasteiger partial charge on any atom is 0.235 e. The molecule has 4 atom stereocenters. The fourth-order valence-corrected chi connectivity index (χ4v) is 9.24. The predicted molar refractivity (Wildman–Crippen MR) is 168 cm³/mol. The van der Waals surface area contributed by atoms with E-state index < -0.39 is 17.1 Å². The summed E-state index contributed by atoms with van der Waals surface area (Å²) in [7, 11) is 0. The van der Waals surface area contributed by atoms with Crippen molar-refractivity contribution >= 4 is 38.4 Å². The molecular weight excluding hydrogens is 606 g/mol. The number of rotatable bonds is 6. The first-order valence-corrected chi connectivity index (χ1v) is 16.6. The Morgan fingerprint density at radius 1 is 1.12 bits per heavy atom. The van der Waals surface area contributed by atoms with Crippen LogP contribution in [0.15, 0.2) is 60.7 Å². The molecule has 2 fully saturated rings. The van der Waals surface area contributed by atoms with Crippen LogP contribution in [0.5, 0.6) is 11.5 Å². The van der Waals surface area contributed by atoms with Gasteiger partial charge in [-0.3, -0.25) is 9.69 Å². The number of para-hydroxylation sites is 1. The zero-order chi connectivity index (χ0) is 29.1. The summed E-state index contributed by atoms with van der Waals surface area (Å²) in [6, 6.07) is 20.3. The molecule has 2 bridgehead atoms. The van der Waals surface area contributed by atoms with Gasteiger partial charge in [0.15, 0.2) is 17.6 Å². The molecule has 3 aromatic carbocycles. The molecule has 43 heavy (non-hydrogen) atoms. The molecular formula is C35H34BrN3O4. The minimum absolute atomic E-state index is 0.000862. The number of ether oxygens (including phenoxy) is 1. The number of carbonyl (C=O) groups excluding carboxylic acids is 1. The number of nitrogens with zero attached hydrogens (tertiary/aromatic N) is 2. The number of amides is 1. The third kappa shape index (κ3) is 3.51. The molecule has 220 valence electrons. The lowest BCUT2D eigenvalue weighted by molar-refractivity contribution is -0.173. The van der Waals surface area contributed by atoms with E-state index in [1.807, 2.05) is 18.2 Å². The highest BCUT2D eigenvalue weighted by Crippen LogP contribution is 2.69.